The maximum atomic E-state index is 5.64. The van der Waals surface area contributed by atoms with Gasteiger partial charge >= 0.3 is 0 Å². The number of fused-ring (bicyclic) bond motifs is 2. The lowest BCUT2D eigenvalue weighted by molar-refractivity contribution is 0.0287. The van der Waals surface area contributed by atoms with E-state index in [9.17, 15) is 0 Å². The molecule has 1 saturated carbocycles. The highest BCUT2D eigenvalue weighted by Gasteiger charge is 2.60. The normalized spacial score (nSPS) is 37.2. The molecule has 4 aliphatic rings. The maximum absolute atomic E-state index is 5.64. The van der Waals surface area contributed by atoms with Crippen molar-refractivity contribution in [3.8, 4) is 0 Å². The van der Waals surface area contributed by atoms with Gasteiger partial charge in [0.15, 0.2) is 0 Å². The summed E-state index contributed by atoms with van der Waals surface area (Å²) >= 11 is 0. The van der Waals surface area contributed by atoms with Gasteiger partial charge in [-0.1, -0.05) is 13.0 Å². The Kier molecular flexibility index (Phi) is 4.24. The number of ether oxygens (including phenoxy) is 1. The van der Waals surface area contributed by atoms with Gasteiger partial charge < -0.3 is 14.2 Å². The van der Waals surface area contributed by atoms with Crippen LogP contribution in [0.2, 0.25) is 0 Å². The van der Waals surface area contributed by atoms with Crippen molar-refractivity contribution in [3.05, 3.63) is 29.5 Å². The molecule has 0 spiro atoms. The third-order valence-corrected chi connectivity index (χ3v) is 8.29. The van der Waals surface area contributed by atoms with Crippen molar-refractivity contribution in [1.29, 1.82) is 0 Å². The van der Waals surface area contributed by atoms with Crippen LogP contribution in [0.25, 0.3) is 0 Å². The minimum Gasteiger partial charge on any atom is -0.381 e. The van der Waals surface area contributed by atoms with E-state index in [1.807, 2.05) is 12.5 Å². The zero-order valence-electron chi connectivity index (χ0n) is 17.8. The summed E-state index contributed by atoms with van der Waals surface area (Å²) in [5.41, 5.74) is 4.18. The van der Waals surface area contributed by atoms with Crippen molar-refractivity contribution >= 4 is 6.21 Å². The number of nitrogens with zero attached hydrogens (tertiary/aromatic N) is 4. The van der Waals surface area contributed by atoms with E-state index in [0.717, 1.165) is 37.2 Å². The van der Waals surface area contributed by atoms with Gasteiger partial charge in [0, 0.05) is 39.4 Å². The Hall–Kier alpha value is -1.62. The SMILES string of the molecule is CCC1CC2(C3CCOCC3)CC2C=C1N(C)C1(C)Cc2c(ncn2C)C=N1. The number of hydrogen-bond donors (Lipinski definition) is 0. The van der Waals surface area contributed by atoms with E-state index in [1.54, 1.807) is 0 Å². The van der Waals surface area contributed by atoms with Crippen LogP contribution in [0.3, 0.4) is 0 Å². The van der Waals surface area contributed by atoms with E-state index < -0.39 is 0 Å². The van der Waals surface area contributed by atoms with E-state index in [1.165, 1.54) is 43.5 Å². The fourth-order valence-electron chi connectivity index (χ4n) is 6.21. The molecule has 0 N–H and O–H groups in total. The van der Waals surface area contributed by atoms with Gasteiger partial charge in [0.1, 0.15) is 11.4 Å². The molecule has 5 rings (SSSR count). The Morgan fingerprint density at radius 2 is 2.07 bits per heavy atom. The van der Waals surface area contributed by atoms with E-state index in [-0.39, 0.29) is 5.66 Å². The summed E-state index contributed by atoms with van der Waals surface area (Å²) in [5.74, 6) is 2.27. The molecule has 0 amide bonds. The van der Waals surface area contributed by atoms with Crippen molar-refractivity contribution in [2.24, 2.45) is 35.2 Å². The summed E-state index contributed by atoms with van der Waals surface area (Å²) in [6.07, 6.45) is 13.9. The smallest absolute Gasteiger partial charge is 0.134 e. The van der Waals surface area contributed by atoms with Crippen LogP contribution in [0.15, 0.2) is 23.1 Å². The maximum Gasteiger partial charge on any atom is 0.134 e. The zero-order chi connectivity index (χ0) is 19.5. The summed E-state index contributed by atoms with van der Waals surface area (Å²) in [5, 5.41) is 0. The molecule has 2 aliphatic heterocycles. The van der Waals surface area contributed by atoms with Gasteiger partial charge in [0.25, 0.3) is 0 Å². The largest absolute Gasteiger partial charge is 0.381 e. The molecule has 2 fully saturated rings. The molecule has 152 valence electrons. The lowest BCUT2D eigenvalue weighted by atomic mass is 9.71. The first-order valence-corrected chi connectivity index (χ1v) is 11.1. The molecule has 1 aromatic heterocycles. The molecule has 4 atom stereocenters. The predicted octanol–water partition coefficient (Wildman–Crippen LogP) is 3.79. The molecule has 1 aromatic rings. The van der Waals surface area contributed by atoms with Crippen molar-refractivity contribution in [3.63, 3.8) is 0 Å². The highest BCUT2D eigenvalue weighted by molar-refractivity contribution is 5.80. The number of aliphatic imine (C=N–C) groups is 1. The van der Waals surface area contributed by atoms with Gasteiger partial charge in [-0.25, -0.2) is 4.98 Å². The molecule has 5 heteroatoms. The monoisotopic (exact) mass is 382 g/mol. The van der Waals surface area contributed by atoms with Crippen LogP contribution in [0.1, 0.15) is 57.3 Å². The fraction of sp³-hybridized carbons (Fsp3) is 0.739. The van der Waals surface area contributed by atoms with E-state index >= 15 is 0 Å². The number of likely N-dealkylation sites (N-methyl/N-ethyl adjacent to an activating group) is 1. The molecule has 0 radical (unpaired) electrons. The highest BCUT2D eigenvalue weighted by atomic mass is 16.5. The van der Waals surface area contributed by atoms with E-state index in [0.29, 0.717) is 11.3 Å². The lowest BCUT2D eigenvalue weighted by Gasteiger charge is -2.45. The van der Waals surface area contributed by atoms with Crippen LogP contribution in [-0.2, 0) is 18.2 Å². The van der Waals surface area contributed by atoms with Gasteiger partial charge in [-0.2, -0.15) is 0 Å². The average Bonchev–Trinajstić information content (AvgIpc) is 3.35. The van der Waals surface area contributed by atoms with Crippen LogP contribution >= 0.6 is 0 Å². The molecular weight excluding hydrogens is 348 g/mol. The Labute approximate surface area is 168 Å². The lowest BCUT2D eigenvalue weighted by Crippen LogP contribution is -2.48. The van der Waals surface area contributed by atoms with Crippen LogP contribution in [-0.4, -0.2) is 46.6 Å². The second-order valence-electron chi connectivity index (χ2n) is 9.73. The Balaban J connectivity index is 1.41. The minimum absolute atomic E-state index is 0.229. The molecule has 0 bridgehead atoms. The summed E-state index contributed by atoms with van der Waals surface area (Å²) in [7, 11) is 4.35. The first-order chi connectivity index (χ1) is 13.5. The predicted molar refractivity (Wildman–Crippen MR) is 111 cm³/mol. The molecule has 1 saturated heterocycles. The number of hydrogen-bond acceptors (Lipinski definition) is 4. The summed E-state index contributed by atoms with van der Waals surface area (Å²) < 4.78 is 7.79. The van der Waals surface area contributed by atoms with E-state index in [2.05, 4.69) is 48.5 Å². The van der Waals surface area contributed by atoms with Crippen molar-refractivity contribution < 1.29 is 4.74 Å². The van der Waals surface area contributed by atoms with Gasteiger partial charge in [-0.15, -0.1) is 0 Å². The van der Waals surface area contributed by atoms with Gasteiger partial charge in [0.05, 0.1) is 18.2 Å². The number of imidazole rings is 1. The molecule has 0 aromatic carbocycles. The Bertz CT molecular complexity index is 821. The minimum atomic E-state index is -0.229. The quantitative estimate of drug-likeness (QED) is 0.796. The van der Waals surface area contributed by atoms with Crippen LogP contribution in [0.5, 0.6) is 0 Å². The molecule has 4 unspecified atom stereocenters. The van der Waals surface area contributed by atoms with E-state index in [4.69, 9.17) is 9.73 Å². The van der Waals surface area contributed by atoms with Crippen molar-refractivity contribution in [2.75, 3.05) is 20.3 Å². The standard InChI is InChI=1S/C23H34N4O/c1-5-16-11-23(17-6-8-28-9-7-17)12-18(23)10-20(16)27(4)22(2)13-21-19(14-25-22)24-15-26(21)3/h10,14-18H,5-9,11-13H2,1-4H3. The molecule has 5 nitrogen and oxygen atoms in total. The van der Waals surface area contributed by atoms with Gasteiger partial charge in [-0.3, -0.25) is 4.99 Å². The van der Waals surface area contributed by atoms with Crippen molar-refractivity contribution in [2.45, 2.75) is 58.0 Å². The number of allylic oxidation sites excluding steroid dienone is 2. The third-order valence-electron chi connectivity index (χ3n) is 8.29. The van der Waals surface area contributed by atoms with Gasteiger partial charge in [-0.05, 0) is 62.2 Å². The molecular formula is C23H34N4O. The topological polar surface area (TPSA) is 42.6 Å². The first kappa shape index (κ1) is 18.4. The third kappa shape index (κ3) is 2.69. The highest BCUT2D eigenvalue weighted by Crippen LogP contribution is 2.68. The van der Waals surface area contributed by atoms with Crippen LogP contribution < -0.4 is 0 Å². The number of aryl methyl sites for hydroxylation is 1. The van der Waals surface area contributed by atoms with Gasteiger partial charge in [0.2, 0.25) is 0 Å². The molecule has 3 heterocycles. The van der Waals surface area contributed by atoms with Crippen LogP contribution in [0, 0.1) is 23.2 Å². The number of rotatable bonds is 4. The summed E-state index contributed by atoms with van der Waals surface area (Å²) in [4.78, 5) is 11.9. The fourth-order valence-corrected chi connectivity index (χ4v) is 6.21. The summed E-state index contributed by atoms with van der Waals surface area (Å²) in [6, 6.07) is 0. The second-order valence-corrected chi connectivity index (χ2v) is 9.73. The Morgan fingerprint density at radius 3 is 2.82 bits per heavy atom. The average molecular weight is 383 g/mol. The zero-order valence-corrected chi connectivity index (χ0v) is 17.8. The number of aromatic nitrogens is 2. The molecule has 28 heavy (non-hydrogen) atoms. The molecule has 2 aliphatic carbocycles. The van der Waals surface area contributed by atoms with Crippen LogP contribution in [0.4, 0.5) is 0 Å². The Morgan fingerprint density at radius 1 is 1.29 bits per heavy atom. The first-order valence-electron chi connectivity index (χ1n) is 11.1. The van der Waals surface area contributed by atoms with Crippen molar-refractivity contribution in [1.82, 2.24) is 14.5 Å². The second kappa shape index (κ2) is 6.45. The summed E-state index contributed by atoms with van der Waals surface area (Å²) in [6.45, 7) is 6.57.